The van der Waals surface area contributed by atoms with Crippen LogP contribution in [0.15, 0.2) is 0 Å². The largest absolute Gasteiger partial charge is 0.481 e. The molecule has 1 fully saturated rings. The topological polar surface area (TPSA) is 46.5 Å². The Hall–Kier alpha value is -0.570. The number of carboxylic acid groups (broad SMARTS) is 1. The van der Waals surface area contributed by atoms with Crippen LogP contribution in [0.2, 0.25) is 0 Å². The number of hydrogen-bond acceptors (Lipinski definition) is 2. The lowest BCUT2D eigenvalue weighted by atomic mass is 9.89. The zero-order chi connectivity index (χ0) is 9.84. The standard InChI is InChI=1S/C10H18O3/c1-3-9-5-8(6-10(11)12)4-7(2)13-9/h7-9H,3-6H2,1-2H3,(H,11,12)/t7-,8+,9-/m1/s1. The molecule has 1 rings (SSSR count). The van der Waals surface area contributed by atoms with E-state index in [1.807, 2.05) is 6.92 Å². The lowest BCUT2D eigenvalue weighted by Gasteiger charge is -2.32. The number of hydrogen-bond donors (Lipinski definition) is 1. The maximum atomic E-state index is 10.5. The Kier molecular flexibility index (Phi) is 3.72. The van der Waals surface area contributed by atoms with Gasteiger partial charge in [-0.15, -0.1) is 0 Å². The van der Waals surface area contributed by atoms with E-state index in [1.54, 1.807) is 0 Å². The Bertz CT molecular complexity index is 179. The van der Waals surface area contributed by atoms with E-state index in [0.717, 1.165) is 19.3 Å². The summed E-state index contributed by atoms with van der Waals surface area (Å²) in [7, 11) is 0. The van der Waals surface area contributed by atoms with Gasteiger partial charge in [-0.3, -0.25) is 4.79 Å². The van der Waals surface area contributed by atoms with Crippen LogP contribution < -0.4 is 0 Å². The molecule has 1 heterocycles. The van der Waals surface area contributed by atoms with Gasteiger partial charge < -0.3 is 9.84 Å². The second kappa shape index (κ2) is 4.61. The molecule has 13 heavy (non-hydrogen) atoms. The first kappa shape index (κ1) is 10.5. The van der Waals surface area contributed by atoms with Crippen LogP contribution >= 0.6 is 0 Å². The van der Waals surface area contributed by atoms with E-state index < -0.39 is 5.97 Å². The predicted molar refractivity (Wildman–Crippen MR) is 49.6 cm³/mol. The highest BCUT2D eigenvalue weighted by Gasteiger charge is 2.27. The molecule has 3 atom stereocenters. The van der Waals surface area contributed by atoms with Crippen LogP contribution in [-0.4, -0.2) is 23.3 Å². The van der Waals surface area contributed by atoms with E-state index in [2.05, 4.69) is 6.92 Å². The third-order valence-corrected chi connectivity index (χ3v) is 2.60. The zero-order valence-electron chi connectivity index (χ0n) is 8.32. The van der Waals surface area contributed by atoms with Crippen LogP contribution in [0.5, 0.6) is 0 Å². The molecule has 0 saturated carbocycles. The van der Waals surface area contributed by atoms with Crippen molar-refractivity contribution in [2.24, 2.45) is 5.92 Å². The maximum absolute atomic E-state index is 10.5. The summed E-state index contributed by atoms with van der Waals surface area (Å²) < 4.78 is 5.65. The van der Waals surface area contributed by atoms with Crippen LogP contribution in [0.1, 0.15) is 39.5 Å². The molecule has 3 nitrogen and oxygen atoms in total. The highest BCUT2D eigenvalue weighted by molar-refractivity contribution is 5.67. The Morgan fingerprint density at radius 2 is 2.23 bits per heavy atom. The van der Waals surface area contributed by atoms with Crippen LogP contribution in [-0.2, 0) is 9.53 Å². The number of aliphatic carboxylic acids is 1. The highest BCUT2D eigenvalue weighted by Crippen LogP contribution is 2.28. The van der Waals surface area contributed by atoms with Crippen LogP contribution in [0.25, 0.3) is 0 Å². The van der Waals surface area contributed by atoms with Gasteiger partial charge in [-0.25, -0.2) is 0 Å². The number of carbonyl (C=O) groups is 1. The van der Waals surface area contributed by atoms with Gasteiger partial charge in [-0.05, 0) is 32.1 Å². The van der Waals surface area contributed by atoms with Crippen molar-refractivity contribution < 1.29 is 14.6 Å². The van der Waals surface area contributed by atoms with Gasteiger partial charge in [0.2, 0.25) is 0 Å². The minimum absolute atomic E-state index is 0.225. The molecule has 76 valence electrons. The molecule has 0 bridgehead atoms. The Labute approximate surface area is 79.1 Å². The lowest BCUT2D eigenvalue weighted by Crippen LogP contribution is -2.31. The van der Waals surface area contributed by atoms with Crippen molar-refractivity contribution in [2.75, 3.05) is 0 Å². The van der Waals surface area contributed by atoms with Crippen molar-refractivity contribution in [3.8, 4) is 0 Å². The molecular weight excluding hydrogens is 168 g/mol. The molecule has 0 radical (unpaired) electrons. The van der Waals surface area contributed by atoms with Crippen molar-refractivity contribution in [3.63, 3.8) is 0 Å². The normalized spacial score (nSPS) is 34.5. The van der Waals surface area contributed by atoms with Crippen molar-refractivity contribution in [2.45, 2.75) is 51.7 Å². The van der Waals surface area contributed by atoms with E-state index in [1.165, 1.54) is 0 Å². The summed E-state index contributed by atoms with van der Waals surface area (Å²) in [6.07, 6.45) is 3.58. The van der Waals surface area contributed by atoms with Gasteiger partial charge in [0.1, 0.15) is 0 Å². The van der Waals surface area contributed by atoms with Gasteiger partial charge in [-0.1, -0.05) is 6.92 Å². The maximum Gasteiger partial charge on any atom is 0.303 e. The first-order valence-electron chi connectivity index (χ1n) is 4.99. The molecule has 0 aromatic rings. The molecule has 1 aliphatic heterocycles. The molecule has 0 amide bonds. The van der Waals surface area contributed by atoms with Crippen molar-refractivity contribution in [1.29, 1.82) is 0 Å². The Balaban J connectivity index is 2.42. The summed E-state index contributed by atoms with van der Waals surface area (Å²) in [5.41, 5.74) is 0. The summed E-state index contributed by atoms with van der Waals surface area (Å²) in [4.78, 5) is 10.5. The predicted octanol–water partition coefficient (Wildman–Crippen LogP) is 2.05. The third kappa shape index (κ3) is 3.35. The molecule has 0 unspecified atom stereocenters. The van der Waals surface area contributed by atoms with E-state index in [9.17, 15) is 4.79 Å². The average molecular weight is 186 g/mol. The van der Waals surface area contributed by atoms with Gasteiger partial charge in [0.05, 0.1) is 12.2 Å². The lowest BCUT2D eigenvalue weighted by molar-refractivity contribution is -0.140. The molecule has 0 aromatic heterocycles. The molecule has 0 spiro atoms. The Morgan fingerprint density at radius 3 is 2.77 bits per heavy atom. The molecule has 0 aliphatic carbocycles. The fourth-order valence-electron chi connectivity index (χ4n) is 2.05. The van der Waals surface area contributed by atoms with E-state index >= 15 is 0 Å². The second-order valence-corrected chi connectivity index (χ2v) is 3.91. The molecule has 1 aliphatic rings. The number of ether oxygens (including phenoxy) is 1. The Morgan fingerprint density at radius 1 is 1.54 bits per heavy atom. The average Bonchev–Trinajstić information content (AvgIpc) is 2.01. The molecular formula is C10H18O3. The van der Waals surface area contributed by atoms with Crippen molar-refractivity contribution >= 4 is 5.97 Å². The van der Waals surface area contributed by atoms with Gasteiger partial charge >= 0.3 is 5.97 Å². The third-order valence-electron chi connectivity index (χ3n) is 2.60. The van der Waals surface area contributed by atoms with Gasteiger partial charge in [0, 0.05) is 6.42 Å². The van der Waals surface area contributed by atoms with Crippen molar-refractivity contribution in [3.05, 3.63) is 0 Å². The van der Waals surface area contributed by atoms with E-state index in [-0.39, 0.29) is 12.2 Å². The van der Waals surface area contributed by atoms with Crippen LogP contribution in [0, 0.1) is 5.92 Å². The minimum Gasteiger partial charge on any atom is -0.481 e. The van der Waals surface area contributed by atoms with E-state index in [0.29, 0.717) is 12.3 Å². The molecule has 1 saturated heterocycles. The smallest absolute Gasteiger partial charge is 0.303 e. The van der Waals surface area contributed by atoms with Gasteiger partial charge in [0.25, 0.3) is 0 Å². The fourth-order valence-corrected chi connectivity index (χ4v) is 2.05. The summed E-state index contributed by atoms with van der Waals surface area (Å²) in [5, 5.41) is 8.67. The second-order valence-electron chi connectivity index (χ2n) is 3.91. The fraction of sp³-hybridized carbons (Fsp3) is 0.900. The first-order valence-corrected chi connectivity index (χ1v) is 4.99. The van der Waals surface area contributed by atoms with Crippen LogP contribution in [0.4, 0.5) is 0 Å². The molecule has 3 heteroatoms. The van der Waals surface area contributed by atoms with E-state index in [4.69, 9.17) is 9.84 Å². The quantitative estimate of drug-likeness (QED) is 0.733. The summed E-state index contributed by atoms with van der Waals surface area (Å²) in [6, 6.07) is 0. The zero-order valence-corrected chi connectivity index (χ0v) is 8.32. The highest BCUT2D eigenvalue weighted by atomic mass is 16.5. The van der Waals surface area contributed by atoms with Crippen LogP contribution in [0.3, 0.4) is 0 Å². The monoisotopic (exact) mass is 186 g/mol. The van der Waals surface area contributed by atoms with Gasteiger partial charge in [-0.2, -0.15) is 0 Å². The SMILES string of the molecule is CC[C@@H]1C[C@@H](CC(=O)O)C[C@@H](C)O1. The summed E-state index contributed by atoms with van der Waals surface area (Å²) in [5.74, 6) is -0.375. The number of rotatable bonds is 3. The number of carboxylic acids is 1. The van der Waals surface area contributed by atoms with Gasteiger partial charge in [0.15, 0.2) is 0 Å². The first-order chi connectivity index (χ1) is 6.11. The summed E-state index contributed by atoms with van der Waals surface area (Å²) in [6.45, 7) is 4.11. The van der Waals surface area contributed by atoms with Crippen molar-refractivity contribution in [1.82, 2.24) is 0 Å². The minimum atomic E-state index is -0.686. The molecule has 0 aromatic carbocycles. The summed E-state index contributed by atoms with van der Waals surface area (Å²) >= 11 is 0. The molecule has 1 N–H and O–H groups in total.